The maximum absolute atomic E-state index is 12.1. The number of amides is 1. The van der Waals surface area contributed by atoms with E-state index in [1.54, 1.807) is 31.4 Å². The molecule has 0 saturated carbocycles. The Kier molecular flexibility index (Phi) is 4.67. The first-order valence-electron chi connectivity index (χ1n) is 7.24. The fourth-order valence-electron chi connectivity index (χ4n) is 2.13. The number of anilines is 1. The number of nitrogens with one attached hydrogen (secondary N) is 1. The lowest BCUT2D eigenvalue weighted by Crippen LogP contribution is -2.07. The van der Waals surface area contributed by atoms with Crippen molar-refractivity contribution in [2.75, 3.05) is 12.4 Å². The van der Waals surface area contributed by atoms with Crippen LogP contribution in [0.1, 0.15) is 5.56 Å². The summed E-state index contributed by atoms with van der Waals surface area (Å²) in [4.78, 5) is 12.1. The first-order chi connectivity index (χ1) is 11.7. The number of carbonyl (C=O) groups excluding carboxylic acids is 1. The van der Waals surface area contributed by atoms with E-state index in [0.29, 0.717) is 11.6 Å². The van der Waals surface area contributed by atoms with Crippen molar-refractivity contribution in [3.63, 3.8) is 0 Å². The smallest absolute Gasteiger partial charge is 0.248 e. The predicted octanol–water partition coefficient (Wildman–Crippen LogP) is 3.40. The molecule has 6 heteroatoms. The number of benzene rings is 2. The molecule has 6 nitrogen and oxygen atoms in total. The van der Waals surface area contributed by atoms with Gasteiger partial charge in [-0.2, -0.15) is 0 Å². The van der Waals surface area contributed by atoms with Crippen molar-refractivity contribution in [2.24, 2.45) is 0 Å². The lowest BCUT2D eigenvalue weighted by Gasteiger charge is -2.04. The van der Waals surface area contributed by atoms with Gasteiger partial charge in [0.2, 0.25) is 18.2 Å². The van der Waals surface area contributed by atoms with Crippen molar-refractivity contribution in [1.82, 2.24) is 10.2 Å². The Labute approximate surface area is 138 Å². The fraction of sp³-hybridized carbons (Fsp3) is 0.0556. The molecule has 0 saturated heterocycles. The number of hydrogen-bond donors (Lipinski definition) is 1. The van der Waals surface area contributed by atoms with E-state index < -0.39 is 0 Å². The standard InChI is InChI=1S/C18H15N3O3/c1-23-16-7-2-4-13(10-16)8-9-17(22)20-15-6-3-5-14(11-15)18-21-19-12-24-18/h2-12H,1H3,(H,20,22)/b9-8+. The number of ether oxygens (including phenoxy) is 1. The molecule has 0 aliphatic heterocycles. The minimum atomic E-state index is -0.236. The van der Waals surface area contributed by atoms with E-state index in [4.69, 9.17) is 9.15 Å². The van der Waals surface area contributed by atoms with Gasteiger partial charge in [-0.1, -0.05) is 18.2 Å². The zero-order valence-electron chi connectivity index (χ0n) is 13.0. The van der Waals surface area contributed by atoms with Crippen LogP contribution < -0.4 is 10.1 Å². The molecule has 0 unspecified atom stereocenters. The third-order valence-electron chi connectivity index (χ3n) is 3.26. The molecule has 3 aromatic rings. The second kappa shape index (κ2) is 7.23. The highest BCUT2D eigenvalue weighted by atomic mass is 16.5. The summed E-state index contributed by atoms with van der Waals surface area (Å²) in [5.74, 6) is 0.906. The van der Waals surface area contributed by atoms with Crippen LogP contribution in [-0.4, -0.2) is 23.2 Å². The van der Waals surface area contributed by atoms with E-state index in [2.05, 4.69) is 15.5 Å². The zero-order chi connectivity index (χ0) is 16.8. The molecule has 1 N–H and O–H groups in total. The molecule has 0 spiro atoms. The van der Waals surface area contributed by atoms with Crippen LogP contribution in [-0.2, 0) is 4.79 Å². The predicted molar refractivity (Wildman–Crippen MR) is 90.4 cm³/mol. The van der Waals surface area contributed by atoms with Gasteiger partial charge in [-0.3, -0.25) is 4.79 Å². The first-order valence-corrected chi connectivity index (χ1v) is 7.24. The molecule has 1 heterocycles. The van der Waals surface area contributed by atoms with Gasteiger partial charge < -0.3 is 14.5 Å². The normalized spacial score (nSPS) is 10.7. The number of rotatable bonds is 5. The van der Waals surface area contributed by atoms with Crippen LogP contribution in [0.2, 0.25) is 0 Å². The Morgan fingerprint density at radius 1 is 1.21 bits per heavy atom. The summed E-state index contributed by atoms with van der Waals surface area (Å²) in [6, 6.07) is 14.6. The molecule has 1 amide bonds. The zero-order valence-corrected chi connectivity index (χ0v) is 13.0. The molecule has 0 fully saturated rings. The third kappa shape index (κ3) is 3.86. The summed E-state index contributed by atoms with van der Waals surface area (Å²) in [5, 5.41) is 10.3. The van der Waals surface area contributed by atoms with E-state index in [0.717, 1.165) is 16.9 Å². The van der Waals surface area contributed by atoms with E-state index in [1.165, 1.54) is 12.5 Å². The molecule has 0 radical (unpaired) electrons. The van der Waals surface area contributed by atoms with Gasteiger partial charge in [0, 0.05) is 17.3 Å². The van der Waals surface area contributed by atoms with Crippen LogP contribution >= 0.6 is 0 Å². The van der Waals surface area contributed by atoms with Crippen molar-refractivity contribution < 1.29 is 13.9 Å². The Balaban J connectivity index is 1.68. The average Bonchev–Trinajstić information content (AvgIpc) is 3.15. The number of carbonyl (C=O) groups is 1. The van der Waals surface area contributed by atoms with Gasteiger partial charge in [0.25, 0.3) is 0 Å². The van der Waals surface area contributed by atoms with Crippen molar-refractivity contribution in [3.8, 4) is 17.2 Å². The minimum absolute atomic E-state index is 0.236. The van der Waals surface area contributed by atoms with Gasteiger partial charge in [-0.15, -0.1) is 10.2 Å². The molecule has 24 heavy (non-hydrogen) atoms. The number of hydrogen-bond acceptors (Lipinski definition) is 5. The van der Waals surface area contributed by atoms with Crippen LogP contribution in [0.15, 0.2) is 65.4 Å². The summed E-state index contributed by atoms with van der Waals surface area (Å²) in [6.45, 7) is 0. The van der Waals surface area contributed by atoms with Crippen LogP contribution in [0.3, 0.4) is 0 Å². The summed E-state index contributed by atoms with van der Waals surface area (Å²) >= 11 is 0. The van der Waals surface area contributed by atoms with Gasteiger partial charge in [0.05, 0.1) is 7.11 Å². The summed E-state index contributed by atoms with van der Waals surface area (Å²) in [6.07, 6.45) is 4.45. The van der Waals surface area contributed by atoms with Crippen molar-refractivity contribution in [2.45, 2.75) is 0 Å². The molecule has 1 aromatic heterocycles. The van der Waals surface area contributed by atoms with Crippen molar-refractivity contribution in [3.05, 3.63) is 66.6 Å². The lowest BCUT2D eigenvalue weighted by atomic mass is 10.2. The molecule has 2 aromatic carbocycles. The minimum Gasteiger partial charge on any atom is -0.497 e. The molecule has 3 rings (SSSR count). The van der Waals surface area contributed by atoms with Gasteiger partial charge in [0.15, 0.2) is 0 Å². The quantitative estimate of drug-likeness (QED) is 0.729. The Morgan fingerprint density at radius 3 is 2.88 bits per heavy atom. The van der Waals surface area contributed by atoms with Crippen LogP contribution in [0, 0.1) is 0 Å². The largest absolute Gasteiger partial charge is 0.497 e. The second-order valence-corrected chi connectivity index (χ2v) is 4.92. The van der Waals surface area contributed by atoms with Gasteiger partial charge in [-0.05, 0) is 42.0 Å². The van der Waals surface area contributed by atoms with Crippen LogP contribution in [0.5, 0.6) is 5.75 Å². The van der Waals surface area contributed by atoms with E-state index in [9.17, 15) is 4.79 Å². The SMILES string of the molecule is COc1cccc(/C=C/C(=O)Nc2cccc(-c3nnco3)c2)c1. The monoisotopic (exact) mass is 321 g/mol. The number of nitrogens with zero attached hydrogens (tertiary/aromatic N) is 2. The molecule has 0 atom stereocenters. The average molecular weight is 321 g/mol. The van der Waals surface area contributed by atoms with Gasteiger partial charge in [-0.25, -0.2) is 0 Å². The van der Waals surface area contributed by atoms with Crippen LogP contribution in [0.4, 0.5) is 5.69 Å². The van der Waals surface area contributed by atoms with E-state index in [1.807, 2.05) is 30.3 Å². The molecular formula is C18H15N3O3. The van der Waals surface area contributed by atoms with Crippen molar-refractivity contribution in [1.29, 1.82) is 0 Å². The molecule has 120 valence electrons. The lowest BCUT2D eigenvalue weighted by molar-refractivity contribution is -0.111. The number of aromatic nitrogens is 2. The maximum atomic E-state index is 12.1. The fourth-order valence-corrected chi connectivity index (χ4v) is 2.13. The Bertz CT molecular complexity index is 857. The molecular weight excluding hydrogens is 306 g/mol. The highest BCUT2D eigenvalue weighted by Gasteiger charge is 2.05. The van der Waals surface area contributed by atoms with Crippen molar-refractivity contribution >= 4 is 17.7 Å². The van der Waals surface area contributed by atoms with E-state index in [-0.39, 0.29) is 5.91 Å². The molecule has 0 bridgehead atoms. The topological polar surface area (TPSA) is 77.2 Å². The van der Waals surface area contributed by atoms with Crippen LogP contribution in [0.25, 0.3) is 17.5 Å². The molecule has 0 aliphatic carbocycles. The summed E-state index contributed by atoms with van der Waals surface area (Å²) in [5.41, 5.74) is 2.26. The first kappa shape index (κ1) is 15.5. The highest BCUT2D eigenvalue weighted by molar-refractivity contribution is 6.02. The number of methoxy groups -OCH3 is 1. The van der Waals surface area contributed by atoms with Gasteiger partial charge >= 0.3 is 0 Å². The Morgan fingerprint density at radius 2 is 2.08 bits per heavy atom. The van der Waals surface area contributed by atoms with E-state index >= 15 is 0 Å². The maximum Gasteiger partial charge on any atom is 0.248 e. The highest BCUT2D eigenvalue weighted by Crippen LogP contribution is 2.20. The third-order valence-corrected chi connectivity index (χ3v) is 3.26. The summed E-state index contributed by atoms with van der Waals surface area (Å²) in [7, 11) is 1.60. The summed E-state index contributed by atoms with van der Waals surface area (Å²) < 4.78 is 10.3. The second-order valence-electron chi connectivity index (χ2n) is 4.92. The Hall–Kier alpha value is -3.41. The van der Waals surface area contributed by atoms with Gasteiger partial charge in [0.1, 0.15) is 5.75 Å². The molecule has 0 aliphatic rings.